The van der Waals surface area contributed by atoms with E-state index >= 15 is 0 Å². The first-order chi connectivity index (χ1) is 9.04. The van der Waals surface area contributed by atoms with Crippen LogP contribution in [0.25, 0.3) is 10.1 Å². The quantitative estimate of drug-likeness (QED) is 0.876. The van der Waals surface area contributed by atoms with Gasteiger partial charge in [0.25, 0.3) is 0 Å². The fourth-order valence-electron chi connectivity index (χ4n) is 1.67. The van der Waals surface area contributed by atoms with Gasteiger partial charge in [-0.2, -0.15) is 0 Å². The van der Waals surface area contributed by atoms with Gasteiger partial charge in [0.1, 0.15) is 4.88 Å². The number of benzene rings is 1. The second-order valence-corrected chi connectivity index (χ2v) is 5.49. The summed E-state index contributed by atoms with van der Waals surface area (Å²) in [5.74, 6) is -0.696. The molecule has 19 heavy (non-hydrogen) atoms. The van der Waals surface area contributed by atoms with Crippen molar-refractivity contribution in [2.75, 3.05) is 12.4 Å². The Morgan fingerprint density at radius 1 is 1.26 bits per heavy atom. The zero-order chi connectivity index (χ0) is 14.0. The van der Waals surface area contributed by atoms with Gasteiger partial charge >= 0.3 is 5.97 Å². The van der Waals surface area contributed by atoms with Crippen LogP contribution in [-0.4, -0.2) is 19.0 Å². The first-order valence-corrected chi connectivity index (χ1v) is 6.77. The monoisotopic (exact) mass is 277 g/mol. The Morgan fingerprint density at radius 2 is 1.95 bits per heavy atom. The van der Waals surface area contributed by atoms with Crippen LogP contribution < -0.4 is 5.32 Å². The van der Waals surface area contributed by atoms with Crippen LogP contribution in [0.1, 0.15) is 23.5 Å². The van der Waals surface area contributed by atoms with Gasteiger partial charge < -0.3 is 10.1 Å². The molecule has 100 valence electrons. The molecule has 0 fully saturated rings. The molecule has 0 aliphatic carbocycles. The maximum Gasteiger partial charge on any atom is 0.350 e. The molecule has 0 atom stereocenters. The highest BCUT2D eigenvalue weighted by atomic mass is 32.1. The summed E-state index contributed by atoms with van der Waals surface area (Å²) in [6, 6.07) is 7.57. The molecule has 1 heterocycles. The lowest BCUT2D eigenvalue weighted by Crippen LogP contribution is -2.19. The van der Waals surface area contributed by atoms with Crippen LogP contribution in [0.3, 0.4) is 0 Å². The predicted octanol–water partition coefficient (Wildman–Crippen LogP) is 3.28. The summed E-state index contributed by atoms with van der Waals surface area (Å²) in [7, 11) is 1.33. The maximum absolute atomic E-state index is 11.9. The topological polar surface area (TPSA) is 55.4 Å². The van der Waals surface area contributed by atoms with Gasteiger partial charge in [-0.05, 0) is 6.07 Å². The van der Waals surface area contributed by atoms with Gasteiger partial charge in [0, 0.05) is 16.0 Å². The molecule has 0 unspecified atom stereocenters. The van der Waals surface area contributed by atoms with Crippen molar-refractivity contribution in [1.29, 1.82) is 0 Å². The third-order valence-corrected chi connectivity index (χ3v) is 3.89. The highest BCUT2D eigenvalue weighted by Gasteiger charge is 2.21. The molecule has 1 aromatic carbocycles. The number of hydrogen-bond acceptors (Lipinski definition) is 4. The number of rotatable bonds is 3. The largest absolute Gasteiger partial charge is 0.465 e. The molecule has 0 saturated carbocycles. The average Bonchev–Trinajstić information content (AvgIpc) is 2.77. The number of ether oxygens (including phenoxy) is 1. The Bertz CT molecular complexity index is 631. The van der Waals surface area contributed by atoms with Gasteiger partial charge in [0.05, 0.1) is 12.8 Å². The molecule has 2 rings (SSSR count). The number of methoxy groups -OCH3 is 1. The van der Waals surface area contributed by atoms with E-state index in [9.17, 15) is 9.59 Å². The van der Waals surface area contributed by atoms with Crippen molar-refractivity contribution in [2.24, 2.45) is 5.92 Å². The first-order valence-electron chi connectivity index (χ1n) is 5.95. The zero-order valence-corrected chi connectivity index (χ0v) is 11.8. The fraction of sp³-hybridized carbons (Fsp3) is 0.286. The molecule has 0 aliphatic rings. The summed E-state index contributed by atoms with van der Waals surface area (Å²) in [4.78, 5) is 24.1. The van der Waals surface area contributed by atoms with Crippen molar-refractivity contribution in [1.82, 2.24) is 0 Å². The molecule has 0 bridgehead atoms. The molecule has 1 aromatic heterocycles. The van der Waals surface area contributed by atoms with Gasteiger partial charge in [-0.1, -0.05) is 32.0 Å². The van der Waals surface area contributed by atoms with Crippen molar-refractivity contribution in [3.05, 3.63) is 29.1 Å². The lowest BCUT2D eigenvalue weighted by Gasteiger charge is -2.08. The fourth-order valence-corrected chi connectivity index (χ4v) is 2.75. The molecule has 4 nitrogen and oxygen atoms in total. The standard InChI is InChI=1S/C14H15NO3S/c1-8(2)13(16)15-11-9-6-4-5-7-10(9)19-12(11)14(17)18-3/h4-8H,1-3H3,(H,15,16). The number of fused-ring (bicyclic) bond motifs is 1. The minimum Gasteiger partial charge on any atom is -0.465 e. The third-order valence-electron chi connectivity index (χ3n) is 2.74. The summed E-state index contributed by atoms with van der Waals surface area (Å²) in [6.07, 6.45) is 0. The zero-order valence-electron chi connectivity index (χ0n) is 11.0. The van der Waals surface area contributed by atoms with Crippen LogP contribution in [0.5, 0.6) is 0 Å². The molecule has 0 radical (unpaired) electrons. The molecule has 0 spiro atoms. The lowest BCUT2D eigenvalue weighted by molar-refractivity contribution is -0.118. The van der Waals surface area contributed by atoms with Crippen LogP contribution in [0.2, 0.25) is 0 Å². The minimum absolute atomic E-state index is 0.117. The SMILES string of the molecule is COC(=O)c1sc2ccccc2c1NC(=O)C(C)C. The van der Waals surface area contributed by atoms with Crippen LogP contribution in [-0.2, 0) is 9.53 Å². The molecule has 0 saturated heterocycles. The maximum atomic E-state index is 11.9. The van der Waals surface area contributed by atoms with E-state index in [0.29, 0.717) is 10.6 Å². The number of esters is 1. The number of carbonyl (C=O) groups is 2. The van der Waals surface area contributed by atoms with Crippen molar-refractivity contribution >= 4 is 39.0 Å². The Kier molecular flexibility index (Phi) is 3.85. The number of hydrogen-bond donors (Lipinski definition) is 1. The Balaban J connectivity index is 2.54. The molecule has 0 aliphatic heterocycles. The molecule has 1 amide bonds. The van der Waals surface area contributed by atoms with Gasteiger partial charge in [-0.3, -0.25) is 4.79 Å². The van der Waals surface area contributed by atoms with E-state index in [1.807, 2.05) is 38.1 Å². The van der Waals surface area contributed by atoms with Gasteiger partial charge in [0.2, 0.25) is 5.91 Å². The molecule has 1 N–H and O–H groups in total. The predicted molar refractivity (Wildman–Crippen MR) is 76.6 cm³/mol. The number of thiophene rings is 1. The molecular weight excluding hydrogens is 262 g/mol. The van der Waals surface area contributed by atoms with Gasteiger partial charge in [0.15, 0.2) is 0 Å². The Morgan fingerprint density at radius 3 is 2.58 bits per heavy atom. The first kappa shape index (κ1) is 13.5. The van der Waals surface area contributed by atoms with Crippen molar-refractivity contribution in [2.45, 2.75) is 13.8 Å². The van der Waals surface area contributed by atoms with E-state index in [4.69, 9.17) is 4.74 Å². The van der Waals surface area contributed by atoms with E-state index < -0.39 is 5.97 Å². The smallest absolute Gasteiger partial charge is 0.350 e. The van der Waals surface area contributed by atoms with Crippen molar-refractivity contribution in [3.8, 4) is 0 Å². The second kappa shape index (κ2) is 5.40. The minimum atomic E-state index is -0.430. The normalized spacial score (nSPS) is 10.7. The molecular formula is C14H15NO3S. The average molecular weight is 277 g/mol. The van der Waals surface area contributed by atoms with Gasteiger partial charge in [-0.25, -0.2) is 4.79 Å². The van der Waals surface area contributed by atoms with E-state index in [1.54, 1.807) is 0 Å². The Labute approximate surface area is 115 Å². The molecule has 5 heteroatoms. The number of anilines is 1. The number of carbonyl (C=O) groups excluding carboxylic acids is 2. The van der Waals surface area contributed by atoms with Gasteiger partial charge in [-0.15, -0.1) is 11.3 Å². The third kappa shape index (κ3) is 2.61. The molecule has 2 aromatic rings. The van der Waals surface area contributed by atoms with Crippen molar-refractivity contribution in [3.63, 3.8) is 0 Å². The van der Waals surface area contributed by atoms with E-state index in [-0.39, 0.29) is 11.8 Å². The van der Waals surface area contributed by atoms with Crippen molar-refractivity contribution < 1.29 is 14.3 Å². The van der Waals surface area contributed by atoms with Crippen LogP contribution >= 0.6 is 11.3 Å². The van der Waals surface area contributed by atoms with Crippen LogP contribution in [0.15, 0.2) is 24.3 Å². The van der Waals surface area contributed by atoms with E-state index in [0.717, 1.165) is 10.1 Å². The summed E-state index contributed by atoms with van der Waals surface area (Å²) in [5, 5.41) is 3.68. The van der Waals surface area contributed by atoms with E-state index in [1.165, 1.54) is 18.4 Å². The van der Waals surface area contributed by atoms with E-state index in [2.05, 4.69) is 5.32 Å². The second-order valence-electron chi connectivity index (χ2n) is 4.44. The summed E-state index contributed by atoms with van der Waals surface area (Å²) >= 11 is 1.32. The number of nitrogens with one attached hydrogen (secondary N) is 1. The Hall–Kier alpha value is -1.88. The summed E-state index contributed by atoms with van der Waals surface area (Å²) < 4.78 is 5.71. The lowest BCUT2D eigenvalue weighted by atomic mass is 10.1. The highest BCUT2D eigenvalue weighted by Crippen LogP contribution is 2.36. The van der Waals surface area contributed by atoms with Crippen LogP contribution in [0, 0.1) is 5.92 Å². The number of amides is 1. The summed E-state index contributed by atoms with van der Waals surface area (Å²) in [5.41, 5.74) is 0.547. The highest BCUT2D eigenvalue weighted by molar-refractivity contribution is 7.21. The van der Waals surface area contributed by atoms with Crippen LogP contribution in [0.4, 0.5) is 5.69 Å². The summed E-state index contributed by atoms with van der Waals surface area (Å²) in [6.45, 7) is 3.61.